The van der Waals surface area contributed by atoms with E-state index in [4.69, 9.17) is 15.1 Å². The predicted octanol–water partition coefficient (Wildman–Crippen LogP) is 3.66. The van der Waals surface area contributed by atoms with Crippen LogP contribution in [0, 0.1) is 0 Å². The first-order valence-electron chi connectivity index (χ1n) is 10.8. The quantitative estimate of drug-likeness (QED) is 0.481. The van der Waals surface area contributed by atoms with Crippen LogP contribution in [0.15, 0.2) is 77.3 Å². The fraction of sp³-hybridized carbons (Fsp3) is 0.250. The van der Waals surface area contributed by atoms with Gasteiger partial charge in [-0.05, 0) is 42.6 Å². The minimum Gasteiger partial charge on any atom is -0.304 e. The maximum Gasteiger partial charge on any atom is 0.194 e. The number of hydrogen-bond donors (Lipinski definition) is 0. The zero-order chi connectivity index (χ0) is 21.5. The van der Waals surface area contributed by atoms with Crippen LogP contribution in [-0.2, 0) is 0 Å². The minimum absolute atomic E-state index is 0.0240. The van der Waals surface area contributed by atoms with Crippen molar-refractivity contribution in [1.82, 2.24) is 34.5 Å². The van der Waals surface area contributed by atoms with Crippen molar-refractivity contribution in [2.24, 2.45) is 0 Å². The Balaban J connectivity index is 1.46. The molecule has 8 heteroatoms. The standard InChI is InChI=1S/C24H23N7S/c1-29-10-12-30(13-11-29)23-20-14-19(17-6-3-2-4-7-17)16-26-22(20)32-24-27-21(28-31(23)24)18-8-5-9-25-15-18/h2-9,14-16,23H,10-13H2,1H3/t23-/m0/s1. The van der Waals surface area contributed by atoms with Crippen LogP contribution in [0.4, 0.5) is 0 Å². The molecule has 1 saturated heterocycles. The van der Waals surface area contributed by atoms with Gasteiger partial charge in [-0.2, -0.15) is 0 Å². The zero-order valence-corrected chi connectivity index (χ0v) is 18.6. The lowest BCUT2D eigenvalue weighted by Crippen LogP contribution is -2.48. The highest BCUT2D eigenvalue weighted by atomic mass is 32.2. The molecule has 0 bridgehead atoms. The van der Waals surface area contributed by atoms with Crippen LogP contribution in [0.2, 0.25) is 0 Å². The van der Waals surface area contributed by atoms with E-state index in [0.717, 1.165) is 47.5 Å². The molecule has 7 nitrogen and oxygen atoms in total. The number of benzene rings is 1. The summed E-state index contributed by atoms with van der Waals surface area (Å²) in [6, 6.07) is 16.6. The van der Waals surface area contributed by atoms with Gasteiger partial charge in [-0.1, -0.05) is 30.3 Å². The first-order valence-corrected chi connectivity index (χ1v) is 11.6. The fourth-order valence-electron chi connectivity index (χ4n) is 4.32. The number of pyridine rings is 2. The molecule has 5 heterocycles. The summed E-state index contributed by atoms with van der Waals surface area (Å²) < 4.78 is 2.08. The second-order valence-corrected chi connectivity index (χ2v) is 9.16. The van der Waals surface area contributed by atoms with Crippen molar-refractivity contribution in [2.75, 3.05) is 33.2 Å². The summed E-state index contributed by atoms with van der Waals surface area (Å²) in [5.74, 6) is 0.704. The third kappa shape index (κ3) is 3.50. The molecule has 32 heavy (non-hydrogen) atoms. The summed E-state index contributed by atoms with van der Waals surface area (Å²) in [4.78, 5) is 18.8. The van der Waals surface area contributed by atoms with Crippen molar-refractivity contribution >= 4 is 11.8 Å². The third-order valence-electron chi connectivity index (χ3n) is 6.09. The van der Waals surface area contributed by atoms with E-state index in [1.807, 2.05) is 30.6 Å². The summed E-state index contributed by atoms with van der Waals surface area (Å²) in [6.45, 7) is 4.01. The smallest absolute Gasteiger partial charge is 0.194 e. The molecular weight excluding hydrogens is 418 g/mol. The van der Waals surface area contributed by atoms with E-state index in [1.54, 1.807) is 18.0 Å². The van der Waals surface area contributed by atoms with Gasteiger partial charge in [0.05, 0.1) is 0 Å². The first-order chi connectivity index (χ1) is 15.8. The Kier molecular flexibility index (Phi) is 4.98. The highest BCUT2D eigenvalue weighted by Gasteiger charge is 2.35. The zero-order valence-electron chi connectivity index (χ0n) is 17.8. The number of hydrogen-bond acceptors (Lipinski definition) is 7. The monoisotopic (exact) mass is 441 g/mol. The molecule has 0 saturated carbocycles. The van der Waals surface area contributed by atoms with Gasteiger partial charge in [0.25, 0.3) is 0 Å². The number of likely N-dealkylation sites (N-methyl/N-ethyl adjacent to an activating group) is 1. The number of aromatic nitrogens is 5. The van der Waals surface area contributed by atoms with Gasteiger partial charge in [0.2, 0.25) is 0 Å². The normalized spacial score (nSPS) is 18.8. The average molecular weight is 442 g/mol. The summed E-state index contributed by atoms with van der Waals surface area (Å²) in [7, 11) is 2.18. The number of rotatable bonds is 3. The van der Waals surface area contributed by atoms with Gasteiger partial charge in [-0.25, -0.2) is 14.6 Å². The topological polar surface area (TPSA) is 63.0 Å². The number of fused-ring (bicyclic) bond motifs is 2. The van der Waals surface area contributed by atoms with Gasteiger partial charge in [-0.3, -0.25) is 9.88 Å². The predicted molar refractivity (Wildman–Crippen MR) is 124 cm³/mol. The van der Waals surface area contributed by atoms with E-state index in [0.29, 0.717) is 5.82 Å². The van der Waals surface area contributed by atoms with Gasteiger partial charge in [0.15, 0.2) is 11.0 Å². The van der Waals surface area contributed by atoms with Gasteiger partial charge >= 0.3 is 0 Å². The molecule has 0 amide bonds. The molecule has 0 aliphatic carbocycles. The van der Waals surface area contributed by atoms with E-state index in [2.05, 4.69) is 56.8 Å². The minimum atomic E-state index is -0.0240. The molecule has 0 spiro atoms. The highest BCUT2D eigenvalue weighted by molar-refractivity contribution is 7.99. The fourth-order valence-corrected chi connectivity index (χ4v) is 5.25. The van der Waals surface area contributed by atoms with Crippen molar-refractivity contribution in [3.8, 4) is 22.5 Å². The third-order valence-corrected chi connectivity index (χ3v) is 7.08. The van der Waals surface area contributed by atoms with Gasteiger partial charge in [0, 0.05) is 61.5 Å². The van der Waals surface area contributed by atoms with E-state index in [-0.39, 0.29) is 6.17 Å². The molecule has 0 N–H and O–H groups in total. The van der Waals surface area contributed by atoms with Crippen LogP contribution in [0.25, 0.3) is 22.5 Å². The summed E-state index contributed by atoms with van der Waals surface area (Å²) in [5, 5.41) is 6.84. The van der Waals surface area contributed by atoms with Crippen molar-refractivity contribution in [2.45, 2.75) is 16.3 Å². The largest absolute Gasteiger partial charge is 0.304 e. The van der Waals surface area contributed by atoms with Crippen LogP contribution in [0.3, 0.4) is 0 Å². The van der Waals surface area contributed by atoms with E-state index < -0.39 is 0 Å². The Morgan fingerprint density at radius 1 is 0.906 bits per heavy atom. The van der Waals surface area contributed by atoms with Crippen molar-refractivity contribution in [1.29, 1.82) is 0 Å². The summed E-state index contributed by atoms with van der Waals surface area (Å²) >= 11 is 1.59. The van der Waals surface area contributed by atoms with E-state index in [9.17, 15) is 0 Å². The lowest BCUT2D eigenvalue weighted by molar-refractivity contribution is 0.0825. The summed E-state index contributed by atoms with van der Waals surface area (Å²) in [5.41, 5.74) is 4.41. The van der Waals surface area contributed by atoms with Gasteiger partial charge in [0.1, 0.15) is 11.2 Å². The SMILES string of the molecule is CN1CCN([C@@H]2c3cc(-c4ccccc4)cnc3Sc3nc(-c4cccnc4)nn32)CC1. The van der Waals surface area contributed by atoms with Crippen molar-refractivity contribution in [3.05, 3.63) is 72.7 Å². The molecule has 1 atom stereocenters. The molecule has 0 radical (unpaired) electrons. The first kappa shape index (κ1) is 19.6. The molecule has 6 rings (SSSR count). The maximum atomic E-state index is 4.96. The van der Waals surface area contributed by atoms with Crippen molar-refractivity contribution < 1.29 is 0 Å². The number of piperazine rings is 1. The second-order valence-electron chi connectivity index (χ2n) is 8.20. The molecule has 4 aromatic rings. The molecule has 2 aliphatic rings. The van der Waals surface area contributed by atoms with Crippen LogP contribution < -0.4 is 0 Å². The van der Waals surface area contributed by atoms with Crippen LogP contribution >= 0.6 is 11.8 Å². The second kappa shape index (κ2) is 8.12. The Morgan fingerprint density at radius 3 is 2.50 bits per heavy atom. The van der Waals surface area contributed by atoms with Crippen LogP contribution in [0.5, 0.6) is 0 Å². The molecule has 3 aromatic heterocycles. The highest BCUT2D eigenvalue weighted by Crippen LogP contribution is 2.43. The lowest BCUT2D eigenvalue weighted by Gasteiger charge is -2.39. The average Bonchev–Trinajstić information content (AvgIpc) is 3.28. The Hall–Kier alpha value is -3.07. The maximum absolute atomic E-state index is 4.96. The molecule has 1 fully saturated rings. The van der Waals surface area contributed by atoms with Gasteiger partial charge < -0.3 is 4.90 Å². The van der Waals surface area contributed by atoms with E-state index in [1.165, 1.54) is 11.1 Å². The Labute approximate surface area is 191 Å². The molecule has 1 aromatic carbocycles. The molecule has 0 unspecified atom stereocenters. The van der Waals surface area contributed by atoms with Crippen molar-refractivity contribution in [3.63, 3.8) is 0 Å². The van der Waals surface area contributed by atoms with Crippen LogP contribution in [0.1, 0.15) is 11.7 Å². The van der Waals surface area contributed by atoms with Crippen LogP contribution in [-0.4, -0.2) is 67.8 Å². The Bertz CT molecular complexity index is 1230. The molecular formula is C24H23N7S. The van der Waals surface area contributed by atoms with E-state index >= 15 is 0 Å². The van der Waals surface area contributed by atoms with Gasteiger partial charge in [-0.15, -0.1) is 5.10 Å². The Morgan fingerprint density at radius 2 is 1.72 bits per heavy atom. The number of nitrogens with zero attached hydrogens (tertiary/aromatic N) is 7. The lowest BCUT2D eigenvalue weighted by atomic mass is 10.0. The summed E-state index contributed by atoms with van der Waals surface area (Å²) in [6.07, 6.45) is 5.53. The molecule has 2 aliphatic heterocycles. The molecule has 160 valence electrons.